The van der Waals surface area contributed by atoms with E-state index in [2.05, 4.69) is 28.9 Å². The number of ether oxygens (including phenoxy) is 1. The van der Waals surface area contributed by atoms with Crippen LogP contribution >= 0.6 is 0 Å². The first-order chi connectivity index (χ1) is 15.7. The van der Waals surface area contributed by atoms with Gasteiger partial charge in [0.1, 0.15) is 5.82 Å². The highest BCUT2D eigenvalue weighted by atomic mass is 16.5. The van der Waals surface area contributed by atoms with Gasteiger partial charge in [0, 0.05) is 38.3 Å². The van der Waals surface area contributed by atoms with Crippen LogP contribution in [0.5, 0.6) is 0 Å². The molecule has 1 aliphatic heterocycles. The molecule has 32 heavy (non-hydrogen) atoms. The van der Waals surface area contributed by atoms with Crippen molar-refractivity contribution in [1.29, 1.82) is 0 Å². The van der Waals surface area contributed by atoms with E-state index < -0.39 is 0 Å². The van der Waals surface area contributed by atoms with Gasteiger partial charge >= 0.3 is 0 Å². The summed E-state index contributed by atoms with van der Waals surface area (Å²) < 4.78 is 7.37. The second-order valence-electron chi connectivity index (χ2n) is 8.76. The zero-order chi connectivity index (χ0) is 22.3. The van der Waals surface area contributed by atoms with Crippen LogP contribution in [0.1, 0.15) is 48.5 Å². The predicted molar refractivity (Wildman–Crippen MR) is 125 cm³/mol. The molecule has 1 unspecified atom stereocenters. The van der Waals surface area contributed by atoms with Crippen LogP contribution in [0.3, 0.4) is 0 Å². The van der Waals surface area contributed by atoms with E-state index in [4.69, 9.17) is 14.8 Å². The lowest BCUT2D eigenvalue weighted by Gasteiger charge is -2.39. The molecule has 0 spiro atoms. The molecule has 0 amide bonds. The second kappa shape index (κ2) is 11.2. The van der Waals surface area contributed by atoms with Gasteiger partial charge in [-0.3, -0.25) is 19.2 Å². The molecule has 2 heterocycles. The molecular formula is C25H36N4O3. The van der Waals surface area contributed by atoms with Crippen molar-refractivity contribution >= 4 is 0 Å². The van der Waals surface area contributed by atoms with Gasteiger partial charge in [-0.05, 0) is 31.2 Å². The number of benzene rings is 1. The molecule has 1 atom stereocenters. The first kappa shape index (κ1) is 23.1. The van der Waals surface area contributed by atoms with Crippen LogP contribution in [0, 0.1) is 0 Å². The third-order valence-electron chi connectivity index (χ3n) is 6.72. The Morgan fingerprint density at radius 1 is 1.09 bits per heavy atom. The SMILES string of the molecule is CCC(c1nc2c(c(=O)n1Cc1ccccc1)CCC2)N1CCN(CCOCCO)CC1. The molecule has 7 nitrogen and oxygen atoms in total. The van der Waals surface area contributed by atoms with Gasteiger partial charge in [-0.2, -0.15) is 0 Å². The average molecular weight is 441 g/mol. The van der Waals surface area contributed by atoms with E-state index in [1.165, 1.54) is 0 Å². The number of nitrogens with zero attached hydrogens (tertiary/aromatic N) is 4. The molecule has 4 rings (SSSR count). The van der Waals surface area contributed by atoms with Crippen LogP contribution in [-0.2, 0) is 24.1 Å². The summed E-state index contributed by atoms with van der Waals surface area (Å²) in [5, 5.41) is 8.85. The number of aliphatic hydroxyl groups is 1. The number of fused-ring (bicyclic) bond motifs is 1. The molecule has 0 bridgehead atoms. The Kier molecular flexibility index (Phi) is 8.08. The molecule has 1 N–H and O–H groups in total. The topological polar surface area (TPSA) is 70.8 Å². The van der Waals surface area contributed by atoms with Crippen LogP contribution in [0.2, 0.25) is 0 Å². The van der Waals surface area contributed by atoms with Gasteiger partial charge < -0.3 is 9.84 Å². The van der Waals surface area contributed by atoms with Crippen molar-refractivity contribution in [3.8, 4) is 0 Å². The van der Waals surface area contributed by atoms with Gasteiger partial charge in [0.15, 0.2) is 0 Å². The van der Waals surface area contributed by atoms with Crippen molar-refractivity contribution in [3.05, 3.63) is 63.3 Å². The van der Waals surface area contributed by atoms with Crippen LogP contribution in [0.15, 0.2) is 35.1 Å². The minimum Gasteiger partial charge on any atom is -0.394 e. The fourth-order valence-electron chi connectivity index (χ4n) is 4.98. The summed E-state index contributed by atoms with van der Waals surface area (Å²) in [7, 11) is 0. The minimum atomic E-state index is 0.0738. The quantitative estimate of drug-likeness (QED) is 0.569. The van der Waals surface area contributed by atoms with Crippen molar-refractivity contribution in [2.75, 3.05) is 52.5 Å². The maximum atomic E-state index is 13.5. The molecule has 2 aliphatic rings. The standard InChI is InChI=1S/C25H36N4O3/c1-2-23(28-13-11-27(12-14-28)15-17-32-18-16-30)24-26-22-10-6-9-21(22)25(31)29(24)19-20-7-4-3-5-8-20/h3-5,7-8,23,30H,2,6,9-19H2,1H3. The van der Waals surface area contributed by atoms with Crippen LogP contribution in [0.25, 0.3) is 0 Å². The monoisotopic (exact) mass is 440 g/mol. The van der Waals surface area contributed by atoms with Gasteiger partial charge in [-0.1, -0.05) is 37.3 Å². The third kappa shape index (κ3) is 5.29. The van der Waals surface area contributed by atoms with Crippen LogP contribution in [-0.4, -0.2) is 77.0 Å². The van der Waals surface area contributed by atoms with Gasteiger partial charge in [0.05, 0.1) is 38.1 Å². The molecule has 2 aromatic rings. The normalized spacial score (nSPS) is 18.1. The van der Waals surface area contributed by atoms with Gasteiger partial charge in [-0.25, -0.2) is 4.98 Å². The number of rotatable bonds is 10. The molecule has 0 saturated carbocycles. The first-order valence-electron chi connectivity index (χ1n) is 12.0. The minimum absolute atomic E-state index is 0.0738. The second-order valence-corrected chi connectivity index (χ2v) is 8.76. The Hall–Kier alpha value is -2.06. The fourth-order valence-corrected chi connectivity index (χ4v) is 4.98. The highest BCUT2D eigenvalue weighted by molar-refractivity contribution is 5.26. The average Bonchev–Trinajstić information content (AvgIpc) is 3.30. The van der Waals surface area contributed by atoms with Crippen molar-refractivity contribution in [2.45, 2.75) is 45.2 Å². The number of piperazine rings is 1. The summed E-state index contributed by atoms with van der Waals surface area (Å²) in [5.41, 5.74) is 3.24. The van der Waals surface area contributed by atoms with E-state index in [1.807, 2.05) is 22.8 Å². The maximum absolute atomic E-state index is 13.5. The van der Waals surface area contributed by atoms with Gasteiger partial charge in [-0.15, -0.1) is 0 Å². The van der Waals surface area contributed by atoms with Gasteiger partial charge in [0.2, 0.25) is 0 Å². The lowest BCUT2D eigenvalue weighted by atomic mass is 10.1. The molecular weight excluding hydrogens is 404 g/mol. The van der Waals surface area contributed by atoms with Crippen molar-refractivity contribution < 1.29 is 9.84 Å². The van der Waals surface area contributed by atoms with E-state index in [0.29, 0.717) is 19.8 Å². The smallest absolute Gasteiger partial charge is 0.257 e. The van der Waals surface area contributed by atoms with Crippen molar-refractivity contribution in [1.82, 2.24) is 19.4 Å². The van der Waals surface area contributed by atoms with Gasteiger partial charge in [0.25, 0.3) is 5.56 Å². The summed E-state index contributed by atoms with van der Waals surface area (Å²) in [6.07, 6.45) is 3.73. The highest BCUT2D eigenvalue weighted by Crippen LogP contribution is 2.27. The largest absolute Gasteiger partial charge is 0.394 e. The van der Waals surface area contributed by atoms with E-state index >= 15 is 0 Å². The molecule has 7 heteroatoms. The van der Waals surface area contributed by atoms with E-state index in [0.717, 1.165) is 81.1 Å². The molecule has 174 valence electrons. The zero-order valence-electron chi connectivity index (χ0n) is 19.2. The maximum Gasteiger partial charge on any atom is 0.257 e. The number of hydrogen-bond donors (Lipinski definition) is 1. The molecule has 1 saturated heterocycles. The number of hydrogen-bond acceptors (Lipinski definition) is 6. The number of aryl methyl sites for hydroxylation is 1. The molecule has 1 aromatic carbocycles. The van der Waals surface area contributed by atoms with Crippen LogP contribution in [0.4, 0.5) is 0 Å². The molecule has 1 aliphatic carbocycles. The van der Waals surface area contributed by atoms with Crippen molar-refractivity contribution in [3.63, 3.8) is 0 Å². The Morgan fingerprint density at radius 2 is 1.88 bits per heavy atom. The molecule has 1 fully saturated rings. The van der Waals surface area contributed by atoms with Crippen LogP contribution < -0.4 is 5.56 Å². The summed E-state index contributed by atoms with van der Waals surface area (Å²) >= 11 is 0. The van der Waals surface area contributed by atoms with Crippen molar-refractivity contribution in [2.24, 2.45) is 0 Å². The Balaban J connectivity index is 1.53. The Morgan fingerprint density at radius 3 is 2.59 bits per heavy atom. The number of aromatic nitrogens is 2. The Labute approximate surface area is 190 Å². The molecule has 0 radical (unpaired) electrons. The highest BCUT2D eigenvalue weighted by Gasteiger charge is 2.30. The lowest BCUT2D eigenvalue weighted by molar-refractivity contribution is 0.0459. The fraction of sp³-hybridized carbons (Fsp3) is 0.600. The summed E-state index contributed by atoms with van der Waals surface area (Å²) in [6.45, 7) is 8.67. The summed E-state index contributed by atoms with van der Waals surface area (Å²) in [6, 6.07) is 10.4. The number of aliphatic hydroxyl groups excluding tert-OH is 1. The van der Waals surface area contributed by atoms with E-state index in [-0.39, 0.29) is 18.2 Å². The lowest BCUT2D eigenvalue weighted by Crippen LogP contribution is -2.49. The Bertz CT molecular complexity index is 923. The van der Waals surface area contributed by atoms with E-state index in [1.54, 1.807) is 0 Å². The zero-order valence-corrected chi connectivity index (χ0v) is 19.2. The third-order valence-corrected chi connectivity index (χ3v) is 6.72. The summed E-state index contributed by atoms with van der Waals surface area (Å²) in [4.78, 5) is 23.5. The first-order valence-corrected chi connectivity index (χ1v) is 12.0. The molecule has 1 aromatic heterocycles. The van der Waals surface area contributed by atoms with E-state index in [9.17, 15) is 4.79 Å². The predicted octanol–water partition coefficient (Wildman–Crippen LogP) is 1.86. The summed E-state index contributed by atoms with van der Waals surface area (Å²) in [5.74, 6) is 0.932.